The van der Waals surface area contributed by atoms with Crippen molar-refractivity contribution in [3.63, 3.8) is 0 Å². The Hall–Kier alpha value is -3.62. The van der Waals surface area contributed by atoms with E-state index in [2.05, 4.69) is 58.7 Å². The number of hydrazine groups is 1. The Labute approximate surface area is 244 Å². The fourth-order valence-electron chi connectivity index (χ4n) is 5.93. The number of esters is 1. The van der Waals surface area contributed by atoms with E-state index in [0.29, 0.717) is 6.61 Å². The number of pyridine rings is 1. The van der Waals surface area contributed by atoms with E-state index in [1.165, 1.54) is 11.1 Å². The van der Waals surface area contributed by atoms with Crippen molar-refractivity contribution in [3.8, 4) is 5.75 Å². The third-order valence-corrected chi connectivity index (χ3v) is 8.32. The van der Waals surface area contributed by atoms with Crippen LogP contribution in [0.15, 0.2) is 48.8 Å². The number of nitrogens with zero attached hydrogens (tertiary/aromatic N) is 2. The lowest BCUT2D eigenvalue weighted by atomic mass is 9.69. The number of anilines is 2. The van der Waals surface area contributed by atoms with E-state index < -0.39 is 5.41 Å². The van der Waals surface area contributed by atoms with Gasteiger partial charge in [0.05, 0.1) is 23.4 Å². The molecule has 0 unspecified atom stereocenters. The minimum atomic E-state index is -0.839. The predicted molar refractivity (Wildman–Crippen MR) is 165 cm³/mol. The van der Waals surface area contributed by atoms with Crippen LogP contribution in [0.3, 0.4) is 0 Å². The standard InChI is InChI=1S/C33H45N5O3/c1-8-26-20-38(19-25-17-36-15-14-29(25)41-26)18-24-16-23(11-10-21(24)3)30(33(5,6)32(39)40-9-2)27-12-13-28(35-7)31(37-34)22(27)4/h10-17,26,30,35,37H,8-9,18-20,34H2,1-7H3/t26-,30+/m1/s1. The maximum Gasteiger partial charge on any atom is 0.312 e. The van der Waals surface area contributed by atoms with Crippen LogP contribution in [0.25, 0.3) is 0 Å². The van der Waals surface area contributed by atoms with Gasteiger partial charge in [0, 0.05) is 50.6 Å². The number of fused-ring (bicyclic) bond motifs is 1. The number of hydrogen-bond acceptors (Lipinski definition) is 8. The van der Waals surface area contributed by atoms with Gasteiger partial charge in [-0.15, -0.1) is 0 Å². The van der Waals surface area contributed by atoms with Crippen molar-refractivity contribution < 1.29 is 14.3 Å². The number of aryl methyl sites for hydroxylation is 1. The molecule has 0 saturated heterocycles. The summed E-state index contributed by atoms with van der Waals surface area (Å²) in [6.07, 6.45) is 4.72. The average Bonchev–Trinajstić information content (AvgIpc) is 3.14. The number of nitrogens with one attached hydrogen (secondary N) is 2. The van der Waals surface area contributed by atoms with Crippen molar-refractivity contribution >= 4 is 17.3 Å². The maximum atomic E-state index is 13.4. The zero-order chi connectivity index (χ0) is 29.7. The number of carbonyl (C=O) groups is 1. The molecule has 4 rings (SSSR count). The number of ether oxygens (including phenoxy) is 2. The minimum absolute atomic E-state index is 0.105. The summed E-state index contributed by atoms with van der Waals surface area (Å²) in [7, 11) is 1.87. The van der Waals surface area contributed by atoms with Gasteiger partial charge in [-0.2, -0.15) is 0 Å². The molecule has 0 bridgehead atoms. The second-order valence-electron chi connectivity index (χ2n) is 11.5. The lowest BCUT2D eigenvalue weighted by molar-refractivity contribution is -0.154. The van der Waals surface area contributed by atoms with Crippen LogP contribution in [0.5, 0.6) is 5.75 Å². The number of hydrogen-bond donors (Lipinski definition) is 3. The summed E-state index contributed by atoms with van der Waals surface area (Å²) in [5.41, 5.74) is 10.3. The van der Waals surface area contributed by atoms with Crippen LogP contribution in [0.2, 0.25) is 0 Å². The Morgan fingerprint density at radius 2 is 2.00 bits per heavy atom. The molecular weight excluding hydrogens is 514 g/mol. The fourth-order valence-corrected chi connectivity index (χ4v) is 5.93. The van der Waals surface area contributed by atoms with Crippen molar-refractivity contribution in [2.45, 2.75) is 73.1 Å². The van der Waals surface area contributed by atoms with Crippen LogP contribution >= 0.6 is 0 Å². The molecule has 41 heavy (non-hydrogen) atoms. The second kappa shape index (κ2) is 12.9. The Morgan fingerprint density at radius 3 is 2.68 bits per heavy atom. The minimum Gasteiger partial charge on any atom is -0.489 e. The van der Waals surface area contributed by atoms with E-state index in [9.17, 15) is 4.79 Å². The van der Waals surface area contributed by atoms with E-state index >= 15 is 0 Å². The number of benzene rings is 2. The topological polar surface area (TPSA) is 102 Å². The molecule has 0 saturated carbocycles. The van der Waals surface area contributed by atoms with Gasteiger partial charge in [-0.1, -0.05) is 31.2 Å². The molecule has 0 amide bonds. The first kappa shape index (κ1) is 30.3. The molecule has 2 atom stereocenters. The lowest BCUT2D eigenvalue weighted by Gasteiger charge is -2.35. The number of aromatic nitrogens is 1. The van der Waals surface area contributed by atoms with E-state index in [4.69, 9.17) is 15.3 Å². The van der Waals surface area contributed by atoms with Crippen LogP contribution in [-0.4, -0.2) is 42.2 Å². The third-order valence-electron chi connectivity index (χ3n) is 8.32. The first-order chi connectivity index (χ1) is 19.6. The summed E-state index contributed by atoms with van der Waals surface area (Å²) in [5, 5.41) is 3.20. The third kappa shape index (κ3) is 6.34. The highest BCUT2D eigenvalue weighted by Crippen LogP contribution is 2.46. The summed E-state index contributed by atoms with van der Waals surface area (Å²) in [5.74, 6) is 6.39. The first-order valence-electron chi connectivity index (χ1n) is 14.5. The maximum absolute atomic E-state index is 13.4. The second-order valence-corrected chi connectivity index (χ2v) is 11.5. The molecule has 1 aromatic heterocycles. The summed E-state index contributed by atoms with van der Waals surface area (Å²) in [4.78, 5) is 20.2. The van der Waals surface area contributed by atoms with Crippen LogP contribution in [0.1, 0.15) is 73.4 Å². The van der Waals surface area contributed by atoms with Crippen LogP contribution < -0.4 is 21.3 Å². The number of carbonyl (C=O) groups excluding carboxylic acids is 1. The van der Waals surface area contributed by atoms with Crippen molar-refractivity contribution in [2.75, 3.05) is 30.9 Å². The van der Waals surface area contributed by atoms with Gasteiger partial charge >= 0.3 is 5.97 Å². The van der Waals surface area contributed by atoms with Gasteiger partial charge in [0.2, 0.25) is 0 Å². The van der Waals surface area contributed by atoms with Crippen molar-refractivity contribution in [3.05, 3.63) is 82.2 Å². The average molecular weight is 560 g/mol. The number of nitrogen functional groups attached to an aromatic ring is 1. The highest BCUT2D eigenvalue weighted by atomic mass is 16.5. The predicted octanol–water partition coefficient (Wildman–Crippen LogP) is 5.92. The summed E-state index contributed by atoms with van der Waals surface area (Å²) in [6.45, 7) is 14.8. The van der Waals surface area contributed by atoms with Gasteiger partial charge in [0.25, 0.3) is 0 Å². The molecule has 0 aliphatic carbocycles. The van der Waals surface area contributed by atoms with Crippen LogP contribution in [-0.2, 0) is 22.6 Å². The number of nitrogens with two attached hydrogens (primary N) is 1. The van der Waals surface area contributed by atoms with Crippen LogP contribution in [0, 0.1) is 19.3 Å². The van der Waals surface area contributed by atoms with Gasteiger partial charge in [-0.25, -0.2) is 0 Å². The highest BCUT2D eigenvalue weighted by molar-refractivity contribution is 5.80. The molecule has 0 fully saturated rings. The quantitative estimate of drug-likeness (QED) is 0.160. The van der Waals surface area contributed by atoms with E-state index in [1.54, 1.807) is 6.20 Å². The Kier molecular flexibility index (Phi) is 9.56. The fraction of sp³-hybridized carbons (Fsp3) is 0.455. The normalized spacial score (nSPS) is 16.2. The SMILES string of the molecule is CCOC(=O)C(C)(C)[C@@H](c1ccc(C)c(CN2Cc3cnccc3O[C@H](CC)C2)c1)c1ccc(NC)c(NN)c1C. The molecule has 8 nitrogen and oxygen atoms in total. The Balaban J connectivity index is 1.79. The Bertz CT molecular complexity index is 1370. The number of rotatable bonds is 10. The van der Waals surface area contributed by atoms with Crippen molar-refractivity contribution in [2.24, 2.45) is 11.3 Å². The molecule has 220 valence electrons. The molecule has 1 aliphatic rings. The molecular formula is C33H45N5O3. The molecule has 4 N–H and O–H groups in total. The molecule has 0 radical (unpaired) electrons. The first-order valence-corrected chi connectivity index (χ1v) is 14.5. The smallest absolute Gasteiger partial charge is 0.312 e. The molecule has 8 heteroatoms. The van der Waals surface area contributed by atoms with Gasteiger partial charge in [-0.05, 0) is 81.0 Å². The summed E-state index contributed by atoms with van der Waals surface area (Å²) < 4.78 is 11.9. The molecule has 1 aliphatic heterocycles. The zero-order valence-corrected chi connectivity index (χ0v) is 25.5. The van der Waals surface area contributed by atoms with E-state index in [1.807, 2.05) is 53.1 Å². The van der Waals surface area contributed by atoms with Gasteiger partial charge in [0.1, 0.15) is 11.9 Å². The molecule has 2 aromatic carbocycles. The summed E-state index contributed by atoms with van der Waals surface area (Å²) in [6, 6.07) is 12.6. The summed E-state index contributed by atoms with van der Waals surface area (Å²) >= 11 is 0. The zero-order valence-electron chi connectivity index (χ0n) is 25.5. The lowest BCUT2D eigenvalue weighted by Crippen LogP contribution is -2.35. The Morgan fingerprint density at radius 1 is 1.22 bits per heavy atom. The van der Waals surface area contributed by atoms with E-state index in [0.717, 1.165) is 65.4 Å². The van der Waals surface area contributed by atoms with Crippen LogP contribution in [0.4, 0.5) is 11.4 Å². The largest absolute Gasteiger partial charge is 0.489 e. The van der Waals surface area contributed by atoms with Gasteiger partial charge in [-0.3, -0.25) is 20.5 Å². The van der Waals surface area contributed by atoms with Gasteiger partial charge in [0.15, 0.2) is 0 Å². The molecule has 2 heterocycles. The highest BCUT2D eigenvalue weighted by Gasteiger charge is 2.41. The van der Waals surface area contributed by atoms with Crippen molar-refractivity contribution in [1.29, 1.82) is 0 Å². The van der Waals surface area contributed by atoms with Crippen molar-refractivity contribution in [1.82, 2.24) is 9.88 Å². The monoisotopic (exact) mass is 559 g/mol. The van der Waals surface area contributed by atoms with Gasteiger partial charge < -0.3 is 20.2 Å². The molecule has 0 spiro atoms. The van der Waals surface area contributed by atoms with E-state index in [-0.39, 0.29) is 18.0 Å². The molecule has 3 aromatic rings.